The van der Waals surface area contributed by atoms with Crippen LogP contribution in [0.25, 0.3) is 0 Å². The topological polar surface area (TPSA) is 70.2 Å². The minimum absolute atomic E-state index is 0.0799. The summed E-state index contributed by atoms with van der Waals surface area (Å²) in [6.07, 6.45) is -4.57. The Morgan fingerprint density at radius 1 is 1.03 bits per heavy atom. The third kappa shape index (κ3) is 3.82. The second kappa shape index (κ2) is 7.17. The van der Waals surface area contributed by atoms with Crippen molar-refractivity contribution in [1.82, 2.24) is 9.80 Å². The fourth-order valence-corrected chi connectivity index (χ4v) is 3.73. The molecule has 2 saturated heterocycles. The molecule has 1 aromatic rings. The van der Waals surface area contributed by atoms with Crippen molar-refractivity contribution in [2.24, 2.45) is 0 Å². The van der Waals surface area contributed by atoms with E-state index in [1.165, 1.54) is 16.8 Å². The molecule has 10 heteroatoms. The fraction of sp³-hybridized carbons (Fsp3) is 0.550. The van der Waals surface area contributed by atoms with Crippen molar-refractivity contribution in [2.75, 3.05) is 25.0 Å². The van der Waals surface area contributed by atoms with Crippen molar-refractivity contribution < 1.29 is 32.3 Å². The summed E-state index contributed by atoms with van der Waals surface area (Å²) in [5, 5.41) is 0. The smallest absolute Gasteiger partial charge is 0.416 e. The van der Waals surface area contributed by atoms with Crippen molar-refractivity contribution in [3.8, 4) is 0 Å². The van der Waals surface area contributed by atoms with Crippen LogP contribution in [0.5, 0.6) is 0 Å². The van der Waals surface area contributed by atoms with Gasteiger partial charge in [0.15, 0.2) is 0 Å². The minimum atomic E-state index is -4.51. The van der Waals surface area contributed by atoms with Gasteiger partial charge in [-0.1, -0.05) is 0 Å². The van der Waals surface area contributed by atoms with E-state index in [1.807, 2.05) is 0 Å². The lowest BCUT2D eigenvalue weighted by atomic mass is 9.86. The van der Waals surface area contributed by atoms with Gasteiger partial charge in [0.25, 0.3) is 5.91 Å². The van der Waals surface area contributed by atoms with E-state index in [-0.39, 0.29) is 31.6 Å². The van der Waals surface area contributed by atoms with E-state index in [9.17, 15) is 27.6 Å². The van der Waals surface area contributed by atoms with Gasteiger partial charge in [0.1, 0.15) is 11.1 Å². The van der Waals surface area contributed by atoms with Crippen LogP contribution in [0, 0.1) is 0 Å². The Bertz CT molecular complexity index is 854. The molecule has 2 aliphatic heterocycles. The standard InChI is InChI=1S/C20H24F3N3O4/c1-18(2,3)30-17(29)25-11-9-19(10-12-25)15(27)26(16(28)24(19)4)14-7-5-13(6-8-14)20(21,22)23/h5-8H,9-12H2,1-4H3. The van der Waals surface area contributed by atoms with Gasteiger partial charge < -0.3 is 14.5 Å². The highest BCUT2D eigenvalue weighted by Gasteiger charge is 2.57. The number of hydrogen-bond acceptors (Lipinski definition) is 4. The second-order valence-electron chi connectivity index (χ2n) is 8.53. The first-order chi connectivity index (χ1) is 13.8. The zero-order valence-electron chi connectivity index (χ0n) is 17.2. The minimum Gasteiger partial charge on any atom is -0.444 e. The van der Waals surface area contributed by atoms with Crippen molar-refractivity contribution >= 4 is 23.7 Å². The number of urea groups is 1. The number of alkyl halides is 3. The number of halogens is 3. The average Bonchev–Trinajstić information content (AvgIpc) is 2.82. The van der Waals surface area contributed by atoms with Crippen molar-refractivity contribution in [3.63, 3.8) is 0 Å². The van der Waals surface area contributed by atoms with Gasteiger partial charge in [-0.25, -0.2) is 14.5 Å². The molecule has 164 valence electrons. The Balaban J connectivity index is 1.78. The van der Waals surface area contributed by atoms with Gasteiger partial charge >= 0.3 is 18.3 Å². The number of rotatable bonds is 1. The zero-order valence-corrected chi connectivity index (χ0v) is 17.2. The fourth-order valence-electron chi connectivity index (χ4n) is 3.73. The lowest BCUT2D eigenvalue weighted by Gasteiger charge is -2.40. The summed E-state index contributed by atoms with van der Waals surface area (Å²) in [4.78, 5) is 42.0. The third-order valence-electron chi connectivity index (χ3n) is 5.42. The van der Waals surface area contributed by atoms with Gasteiger partial charge in [0.05, 0.1) is 11.3 Å². The summed E-state index contributed by atoms with van der Waals surface area (Å²) in [7, 11) is 1.49. The molecule has 0 N–H and O–H groups in total. The highest BCUT2D eigenvalue weighted by atomic mass is 19.4. The molecule has 2 aliphatic rings. The molecule has 4 amide bonds. The van der Waals surface area contributed by atoms with Crippen LogP contribution in [-0.4, -0.2) is 59.1 Å². The van der Waals surface area contributed by atoms with E-state index in [2.05, 4.69) is 0 Å². The molecule has 1 spiro atoms. The van der Waals surface area contributed by atoms with Crippen molar-refractivity contribution in [2.45, 2.75) is 50.9 Å². The van der Waals surface area contributed by atoms with Crippen LogP contribution < -0.4 is 4.90 Å². The summed E-state index contributed by atoms with van der Waals surface area (Å²) in [5.74, 6) is -0.501. The molecule has 0 aromatic heterocycles. The molecule has 7 nitrogen and oxygen atoms in total. The molecule has 30 heavy (non-hydrogen) atoms. The SMILES string of the molecule is CN1C(=O)N(c2ccc(C(F)(F)F)cc2)C(=O)C12CCN(C(=O)OC(C)(C)C)CC2. The number of amides is 4. The molecule has 0 bridgehead atoms. The van der Waals surface area contributed by atoms with Gasteiger partial charge in [0.2, 0.25) is 0 Å². The lowest BCUT2D eigenvalue weighted by molar-refractivity contribution is -0.137. The summed E-state index contributed by atoms with van der Waals surface area (Å²) >= 11 is 0. The van der Waals surface area contributed by atoms with Gasteiger partial charge in [-0.3, -0.25) is 4.79 Å². The molecule has 1 aromatic carbocycles. The summed E-state index contributed by atoms with van der Waals surface area (Å²) in [5.41, 5.74) is -2.57. The number of nitrogens with zero attached hydrogens (tertiary/aromatic N) is 3. The Kier molecular flexibility index (Phi) is 5.24. The highest BCUT2D eigenvalue weighted by molar-refractivity contribution is 6.23. The number of imide groups is 1. The Morgan fingerprint density at radius 2 is 1.57 bits per heavy atom. The lowest BCUT2D eigenvalue weighted by Crippen LogP contribution is -2.56. The maximum absolute atomic E-state index is 13.2. The maximum Gasteiger partial charge on any atom is 0.416 e. The van der Waals surface area contributed by atoms with Gasteiger partial charge in [0, 0.05) is 20.1 Å². The predicted molar refractivity (Wildman–Crippen MR) is 102 cm³/mol. The molecular weight excluding hydrogens is 403 g/mol. The number of benzene rings is 1. The Hall–Kier alpha value is -2.78. The van der Waals surface area contributed by atoms with Gasteiger partial charge in [-0.15, -0.1) is 0 Å². The van der Waals surface area contributed by atoms with Crippen LogP contribution in [0.2, 0.25) is 0 Å². The van der Waals surface area contributed by atoms with E-state index in [1.54, 1.807) is 20.8 Å². The zero-order chi connectivity index (χ0) is 22.5. The van der Waals surface area contributed by atoms with E-state index >= 15 is 0 Å². The molecular formula is C20H24F3N3O4. The summed E-state index contributed by atoms with van der Waals surface area (Å²) in [6.45, 7) is 5.71. The predicted octanol–water partition coefficient (Wildman–Crippen LogP) is 3.87. The average molecular weight is 427 g/mol. The van der Waals surface area contributed by atoms with E-state index in [0.717, 1.165) is 29.2 Å². The van der Waals surface area contributed by atoms with E-state index in [0.29, 0.717) is 0 Å². The van der Waals surface area contributed by atoms with Crippen LogP contribution in [0.4, 0.5) is 28.4 Å². The van der Waals surface area contributed by atoms with E-state index in [4.69, 9.17) is 4.74 Å². The second-order valence-corrected chi connectivity index (χ2v) is 8.53. The van der Waals surface area contributed by atoms with Crippen molar-refractivity contribution in [3.05, 3.63) is 29.8 Å². The first-order valence-electron chi connectivity index (χ1n) is 9.54. The Labute approximate surface area is 172 Å². The van der Waals surface area contributed by atoms with Crippen LogP contribution in [-0.2, 0) is 15.7 Å². The number of likely N-dealkylation sites (N-methyl/N-ethyl adjacent to an activating group) is 1. The summed E-state index contributed by atoms with van der Waals surface area (Å²) in [6, 6.07) is 3.30. The third-order valence-corrected chi connectivity index (χ3v) is 5.42. The van der Waals surface area contributed by atoms with E-state index < -0.39 is 40.9 Å². The maximum atomic E-state index is 13.2. The monoisotopic (exact) mass is 427 g/mol. The first-order valence-corrected chi connectivity index (χ1v) is 9.54. The number of anilines is 1. The van der Waals surface area contributed by atoms with Crippen LogP contribution in [0.1, 0.15) is 39.2 Å². The number of carbonyl (C=O) groups excluding carboxylic acids is 3. The molecule has 0 unspecified atom stereocenters. The van der Waals surface area contributed by atoms with Gasteiger partial charge in [-0.2, -0.15) is 13.2 Å². The molecule has 3 rings (SSSR count). The number of piperidine rings is 1. The number of carbonyl (C=O) groups is 3. The Morgan fingerprint density at radius 3 is 2.03 bits per heavy atom. The highest BCUT2D eigenvalue weighted by Crippen LogP contribution is 2.39. The molecule has 0 saturated carbocycles. The molecule has 0 radical (unpaired) electrons. The number of ether oxygens (including phenoxy) is 1. The molecule has 0 atom stereocenters. The van der Waals surface area contributed by atoms with Crippen LogP contribution >= 0.6 is 0 Å². The first kappa shape index (κ1) is 21.9. The number of likely N-dealkylation sites (tertiary alicyclic amines) is 1. The quantitative estimate of drug-likeness (QED) is 0.638. The van der Waals surface area contributed by atoms with Crippen LogP contribution in [0.15, 0.2) is 24.3 Å². The number of hydrogen-bond donors (Lipinski definition) is 0. The van der Waals surface area contributed by atoms with Gasteiger partial charge in [-0.05, 0) is 57.9 Å². The largest absolute Gasteiger partial charge is 0.444 e. The molecule has 2 heterocycles. The summed E-state index contributed by atoms with van der Waals surface area (Å²) < 4.78 is 43.8. The van der Waals surface area contributed by atoms with Crippen molar-refractivity contribution in [1.29, 1.82) is 0 Å². The van der Waals surface area contributed by atoms with Crippen LogP contribution in [0.3, 0.4) is 0 Å². The normalized spacial score (nSPS) is 19.6. The molecule has 2 fully saturated rings. The molecule has 0 aliphatic carbocycles.